The van der Waals surface area contributed by atoms with E-state index in [9.17, 15) is 26.4 Å². The summed E-state index contributed by atoms with van der Waals surface area (Å²) < 4.78 is 71.0. The molecule has 1 heterocycles. The lowest BCUT2D eigenvalue weighted by atomic mass is 10.0. The second kappa shape index (κ2) is 6.65. The minimum atomic E-state index is -4.57. The molecule has 2 aromatic carbocycles. The molecule has 0 radical (unpaired) electrons. The summed E-state index contributed by atoms with van der Waals surface area (Å²) in [6.45, 7) is 4.32. The Bertz CT molecular complexity index is 1100. The van der Waals surface area contributed by atoms with E-state index < -0.39 is 33.3 Å². The molecule has 0 bridgehead atoms. The highest BCUT2D eigenvalue weighted by molar-refractivity contribution is 7.92. The van der Waals surface area contributed by atoms with Gasteiger partial charge in [-0.25, -0.2) is 8.42 Å². The minimum Gasteiger partial charge on any atom is -0.476 e. The first-order valence-electron chi connectivity index (χ1n) is 8.52. The van der Waals surface area contributed by atoms with Crippen LogP contribution in [0.25, 0.3) is 0 Å². The lowest BCUT2D eigenvalue weighted by Crippen LogP contribution is -2.50. The number of carbonyl (C=O) groups excluding carboxylic acids is 1. The van der Waals surface area contributed by atoms with Gasteiger partial charge in [0.2, 0.25) is 10.0 Å². The molecule has 0 fully saturated rings. The Hall–Kier alpha value is -2.75. The summed E-state index contributed by atoms with van der Waals surface area (Å²) >= 11 is 0. The number of amides is 1. The topological polar surface area (TPSA) is 75.7 Å². The summed E-state index contributed by atoms with van der Waals surface area (Å²) in [5, 5.41) is 0. The molecule has 1 aliphatic heterocycles. The molecule has 1 amide bonds. The van der Waals surface area contributed by atoms with Gasteiger partial charge in [-0.3, -0.25) is 14.4 Å². The molecular weight excluding hydrogens is 409 g/mol. The number of anilines is 3. The van der Waals surface area contributed by atoms with Gasteiger partial charge >= 0.3 is 6.18 Å². The van der Waals surface area contributed by atoms with Gasteiger partial charge in [0.05, 0.1) is 23.2 Å². The van der Waals surface area contributed by atoms with E-state index in [0.717, 1.165) is 17.2 Å². The number of nitrogens with zero attached hydrogens (tertiary/aromatic N) is 1. The molecule has 0 aliphatic carbocycles. The van der Waals surface area contributed by atoms with Crippen LogP contribution in [0.2, 0.25) is 0 Å². The molecule has 0 aromatic heterocycles. The molecule has 0 saturated heterocycles. The number of aryl methyl sites for hydroxylation is 1. The molecule has 6 nitrogen and oxygen atoms in total. The summed E-state index contributed by atoms with van der Waals surface area (Å²) in [4.78, 5) is 14.1. The van der Waals surface area contributed by atoms with Crippen molar-refractivity contribution in [3.8, 4) is 5.75 Å². The van der Waals surface area contributed by atoms with Crippen LogP contribution >= 0.6 is 0 Å². The fourth-order valence-electron chi connectivity index (χ4n) is 3.07. The number of benzene rings is 2. The molecule has 1 N–H and O–H groups in total. The zero-order valence-corrected chi connectivity index (χ0v) is 16.9. The van der Waals surface area contributed by atoms with E-state index in [1.807, 2.05) is 0 Å². The number of fused-ring (bicyclic) bond motifs is 1. The van der Waals surface area contributed by atoms with Crippen LogP contribution in [0, 0.1) is 6.92 Å². The summed E-state index contributed by atoms with van der Waals surface area (Å²) in [7, 11) is -3.55. The third-order valence-corrected chi connectivity index (χ3v) is 4.98. The van der Waals surface area contributed by atoms with Crippen LogP contribution in [0.15, 0.2) is 36.4 Å². The lowest BCUT2D eigenvalue weighted by molar-refractivity contribution is -0.138. The third-order valence-electron chi connectivity index (χ3n) is 4.37. The summed E-state index contributed by atoms with van der Waals surface area (Å²) in [6.07, 6.45) is -3.59. The Morgan fingerprint density at radius 1 is 1.10 bits per heavy atom. The fraction of sp³-hybridized carbons (Fsp3) is 0.316. The Kier molecular flexibility index (Phi) is 4.81. The number of rotatable bonds is 3. The Morgan fingerprint density at radius 2 is 1.76 bits per heavy atom. The van der Waals surface area contributed by atoms with Crippen LogP contribution < -0.4 is 14.4 Å². The average molecular weight is 428 g/mol. The predicted octanol–water partition coefficient (Wildman–Crippen LogP) is 4.22. The van der Waals surface area contributed by atoms with Crippen LogP contribution in [0.5, 0.6) is 5.75 Å². The zero-order valence-electron chi connectivity index (χ0n) is 16.1. The molecule has 1 aliphatic rings. The quantitative estimate of drug-likeness (QED) is 0.794. The van der Waals surface area contributed by atoms with E-state index in [4.69, 9.17) is 4.74 Å². The molecule has 0 spiro atoms. The monoisotopic (exact) mass is 428 g/mol. The zero-order chi connectivity index (χ0) is 21.8. The van der Waals surface area contributed by atoms with Crippen molar-refractivity contribution in [2.75, 3.05) is 15.9 Å². The van der Waals surface area contributed by atoms with Crippen molar-refractivity contribution in [3.63, 3.8) is 0 Å². The van der Waals surface area contributed by atoms with Crippen molar-refractivity contribution in [2.24, 2.45) is 0 Å². The number of hydrogen-bond acceptors (Lipinski definition) is 4. The average Bonchev–Trinajstić information content (AvgIpc) is 2.54. The summed E-state index contributed by atoms with van der Waals surface area (Å²) in [5.41, 5.74) is -1.73. The fourth-order valence-corrected chi connectivity index (χ4v) is 3.62. The van der Waals surface area contributed by atoms with Gasteiger partial charge in [-0.2, -0.15) is 13.2 Å². The van der Waals surface area contributed by atoms with Crippen LogP contribution in [-0.2, 0) is 21.0 Å². The SMILES string of the molecule is Cc1ccc(N2C(=O)C(C)(C)Oc3cc(NS(C)(=O)=O)ccc32)cc1C(F)(F)F. The van der Waals surface area contributed by atoms with E-state index in [0.29, 0.717) is 0 Å². The second-order valence-electron chi connectivity index (χ2n) is 7.31. The van der Waals surface area contributed by atoms with Crippen LogP contribution in [0.1, 0.15) is 25.0 Å². The van der Waals surface area contributed by atoms with Crippen molar-refractivity contribution < 1.29 is 31.1 Å². The van der Waals surface area contributed by atoms with E-state index >= 15 is 0 Å². The number of sulfonamides is 1. The van der Waals surface area contributed by atoms with Crippen molar-refractivity contribution in [2.45, 2.75) is 32.5 Å². The largest absolute Gasteiger partial charge is 0.476 e. The maximum absolute atomic E-state index is 13.4. The number of ether oxygens (including phenoxy) is 1. The number of alkyl halides is 3. The van der Waals surface area contributed by atoms with Gasteiger partial charge in [0, 0.05) is 11.8 Å². The molecular formula is C19H19F3N2O4S. The van der Waals surface area contributed by atoms with Crippen LogP contribution in [-0.4, -0.2) is 26.2 Å². The molecule has 29 heavy (non-hydrogen) atoms. The third kappa shape index (κ3) is 4.16. The molecule has 10 heteroatoms. The first kappa shape index (κ1) is 21.0. The molecule has 2 aromatic rings. The van der Waals surface area contributed by atoms with Gasteiger partial charge in [-0.15, -0.1) is 0 Å². The normalized spacial score (nSPS) is 16.2. The van der Waals surface area contributed by atoms with Gasteiger partial charge < -0.3 is 4.74 Å². The van der Waals surface area contributed by atoms with Crippen molar-refractivity contribution in [3.05, 3.63) is 47.5 Å². The van der Waals surface area contributed by atoms with E-state index in [-0.39, 0.29) is 28.4 Å². The molecule has 3 rings (SSSR count). The summed E-state index contributed by atoms with van der Waals surface area (Å²) in [5.74, 6) is -0.386. The number of carbonyl (C=O) groups is 1. The van der Waals surface area contributed by atoms with Crippen LogP contribution in [0.3, 0.4) is 0 Å². The van der Waals surface area contributed by atoms with Crippen molar-refractivity contribution >= 4 is 33.0 Å². The minimum absolute atomic E-state index is 0.0362. The van der Waals surface area contributed by atoms with E-state index in [1.54, 1.807) is 0 Å². The predicted molar refractivity (Wildman–Crippen MR) is 103 cm³/mol. The summed E-state index contributed by atoms with van der Waals surface area (Å²) in [6, 6.07) is 7.85. The maximum Gasteiger partial charge on any atom is 0.416 e. The van der Waals surface area contributed by atoms with Gasteiger partial charge in [-0.05, 0) is 50.6 Å². The number of nitrogens with one attached hydrogen (secondary N) is 1. The highest BCUT2D eigenvalue weighted by Crippen LogP contribution is 2.44. The van der Waals surface area contributed by atoms with E-state index in [1.165, 1.54) is 51.1 Å². The van der Waals surface area contributed by atoms with Gasteiger partial charge in [0.1, 0.15) is 5.75 Å². The van der Waals surface area contributed by atoms with Crippen molar-refractivity contribution in [1.29, 1.82) is 0 Å². The standard InChI is InChI=1S/C19H19F3N2O4S/c1-11-5-7-13(10-14(11)19(20,21)22)24-15-8-6-12(23-29(4,26)27)9-16(15)28-18(2,3)17(24)25/h5-10,23H,1-4H3. The lowest BCUT2D eigenvalue weighted by Gasteiger charge is -2.39. The van der Waals surface area contributed by atoms with E-state index in [2.05, 4.69) is 4.72 Å². The first-order chi connectivity index (χ1) is 13.2. The Morgan fingerprint density at radius 3 is 2.34 bits per heavy atom. The first-order valence-corrected chi connectivity index (χ1v) is 10.4. The van der Waals surface area contributed by atoms with Crippen molar-refractivity contribution in [1.82, 2.24) is 0 Å². The number of hydrogen-bond donors (Lipinski definition) is 1. The highest BCUT2D eigenvalue weighted by Gasteiger charge is 2.42. The maximum atomic E-state index is 13.4. The Labute approximate surface area is 166 Å². The van der Waals surface area contributed by atoms with Gasteiger partial charge in [0.15, 0.2) is 5.60 Å². The molecule has 0 atom stereocenters. The van der Waals surface area contributed by atoms with Gasteiger partial charge in [0.25, 0.3) is 5.91 Å². The highest BCUT2D eigenvalue weighted by atomic mass is 32.2. The number of halogens is 3. The second-order valence-corrected chi connectivity index (χ2v) is 9.06. The Balaban J connectivity index is 2.17. The smallest absolute Gasteiger partial charge is 0.416 e. The molecule has 0 unspecified atom stereocenters. The van der Waals surface area contributed by atoms with Gasteiger partial charge in [-0.1, -0.05) is 6.07 Å². The molecule has 156 valence electrons. The van der Waals surface area contributed by atoms with Crippen LogP contribution in [0.4, 0.5) is 30.2 Å². The molecule has 0 saturated carbocycles.